The van der Waals surface area contributed by atoms with Crippen LogP contribution in [0.1, 0.15) is 11.1 Å². The Morgan fingerprint density at radius 1 is 0.625 bits per heavy atom. The minimum atomic E-state index is -0.0550. The van der Waals surface area contributed by atoms with Gasteiger partial charge in [-0.05, 0) is 35.4 Å². The van der Waals surface area contributed by atoms with Crippen LogP contribution >= 0.6 is 0 Å². The quantitative estimate of drug-likeness (QED) is 0.541. The van der Waals surface area contributed by atoms with Gasteiger partial charge in [-0.3, -0.25) is 0 Å². The maximum atomic E-state index is 10.2. The zero-order chi connectivity index (χ0) is 17.1. The fourth-order valence-electron chi connectivity index (χ4n) is 2.49. The van der Waals surface area contributed by atoms with Crippen LogP contribution in [0.4, 0.5) is 0 Å². The van der Waals surface area contributed by atoms with Crippen LogP contribution in [0.5, 0.6) is 23.0 Å². The summed E-state index contributed by atoms with van der Waals surface area (Å²) in [5, 5.41) is 39.5. The predicted octanol–water partition coefficient (Wildman–Crippen LogP) is 4.35. The SMILES string of the molecule is Oc1ccc(/C=C/c2cc(O)c(-c3ccccc3)c(O)c2)c(O)c1. The summed E-state index contributed by atoms with van der Waals surface area (Å²) in [6.45, 7) is 0. The van der Waals surface area contributed by atoms with Crippen LogP contribution in [0, 0.1) is 0 Å². The lowest BCUT2D eigenvalue weighted by Gasteiger charge is -2.09. The van der Waals surface area contributed by atoms with Crippen LogP contribution in [0.25, 0.3) is 23.3 Å². The third-order valence-corrected chi connectivity index (χ3v) is 3.65. The molecule has 3 rings (SSSR count). The van der Waals surface area contributed by atoms with E-state index >= 15 is 0 Å². The van der Waals surface area contributed by atoms with E-state index in [-0.39, 0.29) is 23.0 Å². The average Bonchev–Trinajstić information content (AvgIpc) is 2.54. The lowest BCUT2D eigenvalue weighted by atomic mass is 10.0. The molecule has 4 nitrogen and oxygen atoms in total. The van der Waals surface area contributed by atoms with E-state index in [1.807, 2.05) is 18.2 Å². The molecule has 120 valence electrons. The molecule has 0 unspecified atom stereocenters. The van der Waals surface area contributed by atoms with E-state index in [9.17, 15) is 20.4 Å². The molecule has 4 N–H and O–H groups in total. The van der Waals surface area contributed by atoms with Crippen molar-refractivity contribution in [3.63, 3.8) is 0 Å². The standard InChI is InChI=1S/C20H16O4/c21-16-9-8-14(17(22)12-16)7-6-13-10-18(23)20(19(24)11-13)15-4-2-1-3-5-15/h1-12,21-24H/b7-6+. The molecule has 0 aromatic heterocycles. The Morgan fingerprint density at radius 3 is 1.92 bits per heavy atom. The first-order valence-electron chi connectivity index (χ1n) is 7.36. The first kappa shape index (κ1) is 15.5. The Hall–Kier alpha value is -3.40. The lowest BCUT2D eigenvalue weighted by molar-refractivity contribution is 0.449. The fraction of sp³-hybridized carbons (Fsp3) is 0. The number of rotatable bonds is 3. The molecule has 0 bridgehead atoms. The van der Waals surface area contributed by atoms with Gasteiger partial charge in [-0.1, -0.05) is 42.5 Å². The van der Waals surface area contributed by atoms with Crippen LogP contribution in [-0.4, -0.2) is 20.4 Å². The van der Waals surface area contributed by atoms with Crippen molar-refractivity contribution in [2.24, 2.45) is 0 Å². The van der Waals surface area contributed by atoms with E-state index in [2.05, 4.69) is 0 Å². The monoisotopic (exact) mass is 320 g/mol. The number of phenols is 4. The molecule has 0 fully saturated rings. The largest absolute Gasteiger partial charge is 0.508 e. The number of hydrogen-bond acceptors (Lipinski definition) is 4. The molecule has 24 heavy (non-hydrogen) atoms. The Balaban J connectivity index is 1.95. The van der Waals surface area contributed by atoms with Gasteiger partial charge in [0.05, 0.1) is 5.56 Å². The summed E-state index contributed by atoms with van der Waals surface area (Å²) >= 11 is 0. The molecule has 3 aromatic rings. The van der Waals surface area contributed by atoms with E-state index in [4.69, 9.17) is 0 Å². The topological polar surface area (TPSA) is 80.9 Å². The van der Waals surface area contributed by atoms with Crippen LogP contribution in [-0.2, 0) is 0 Å². The number of phenolic OH excluding ortho intramolecular Hbond substituents is 4. The highest BCUT2D eigenvalue weighted by atomic mass is 16.3. The van der Waals surface area contributed by atoms with Gasteiger partial charge in [-0.15, -0.1) is 0 Å². The summed E-state index contributed by atoms with van der Waals surface area (Å²) in [4.78, 5) is 0. The normalized spacial score (nSPS) is 11.0. The highest BCUT2D eigenvalue weighted by molar-refractivity contribution is 5.81. The van der Waals surface area contributed by atoms with E-state index in [1.165, 1.54) is 24.3 Å². The predicted molar refractivity (Wildman–Crippen MR) is 93.9 cm³/mol. The highest BCUT2D eigenvalue weighted by Crippen LogP contribution is 2.38. The van der Waals surface area contributed by atoms with Crippen molar-refractivity contribution in [2.45, 2.75) is 0 Å². The third-order valence-electron chi connectivity index (χ3n) is 3.65. The van der Waals surface area contributed by atoms with Gasteiger partial charge in [0.1, 0.15) is 23.0 Å². The maximum Gasteiger partial charge on any atom is 0.127 e. The van der Waals surface area contributed by atoms with Gasteiger partial charge in [0, 0.05) is 11.6 Å². The van der Waals surface area contributed by atoms with E-state index in [1.54, 1.807) is 30.4 Å². The van der Waals surface area contributed by atoms with E-state index in [0.29, 0.717) is 16.7 Å². The highest BCUT2D eigenvalue weighted by Gasteiger charge is 2.11. The number of benzene rings is 3. The zero-order valence-electron chi connectivity index (χ0n) is 12.7. The average molecular weight is 320 g/mol. The fourth-order valence-corrected chi connectivity index (χ4v) is 2.49. The van der Waals surface area contributed by atoms with Crippen molar-refractivity contribution in [1.82, 2.24) is 0 Å². The van der Waals surface area contributed by atoms with Crippen LogP contribution < -0.4 is 0 Å². The van der Waals surface area contributed by atoms with Gasteiger partial charge < -0.3 is 20.4 Å². The second-order valence-electron chi connectivity index (χ2n) is 5.38. The Morgan fingerprint density at radius 2 is 1.29 bits per heavy atom. The Kier molecular flexibility index (Phi) is 4.12. The van der Waals surface area contributed by atoms with Crippen LogP contribution in [0.3, 0.4) is 0 Å². The second-order valence-corrected chi connectivity index (χ2v) is 5.38. The first-order valence-corrected chi connectivity index (χ1v) is 7.36. The molecule has 0 aliphatic heterocycles. The van der Waals surface area contributed by atoms with Gasteiger partial charge in [0.15, 0.2) is 0 Å². The van der Waals surface area contributed by atoms with Gasteiger partial charge in [-0.2, -0.15) is 0 Å². The molecule has 0 saturated carbocycles. The number of aromatic hydroxyl groups is 4. The molecule has 0 heterocycles. The molecular formula is C20H16O4. The molecule has 0 amide bonds. The minimum absolute atomic E-state index is 0.0212. The molecule has 4 heteroatoms. The molecule has 0 atom stereocenters. The van der Waals surface area contributed by atoms with Gasteiger partial charge in [0.2, 0.25) is 0 Å². The van der Waals surface area contributed by atoms with Crippen LogP contribution in [0.15, 0.2) is 60.7 Å². The van der Waals surface area contributed by atoms with Crippen molar-refractivity contribution >= 4 is 12.2 Å². The first-order chi connectivity index (χ1) is 11.5. The lowest BCUT2D eigenvalue weighted by Crippen LogP contribution is -1.83. The molecule has 3 aromatic carbocycles. The Bertz CT molecular complexity index is 876. The van der Waals surface area contributed by atoms with Crippen molar-refractivity contribution in [2.75, 3.05) is 0 Å². The summed E-state index contributed by atoms with van der Waals surface area (Å²) in [5.74, 6) is -0.140. The Labute approximate surface area is 139 Å². The van der Waals surface area contributed by atoms with E-state index in [0.717, 1.165) is 5.56 Å². The zero-order valence-corrected chi connectivity index (χ0v) is 12.7. The van der Waals surface area contributed by atoms with Crippen molar-refractivity contribution in [3.8, 4) is 34.1 Å². The minimum Gasteiger partial charge on any atom is -0.508 e. The van der Waals surface area contributed by atoms with Crippen molar-refractivity contribution < 1.29 is 20.4 Å². The van der Waals surface area contributed by atoms with Gasteiger partial charge >= 0.3 is 0 Å². The van der Waals surface area contributed by atoms with Gasteiger partial charge in [0.25, 0.3) is 0 Å². The molecule has 0 radical (unpaired) electrons. The van der Waals surface area contributed by atoms with Crippen molar-refractivity contribution in [1.29, 1.82) is 0 Å². The molecular weight excluding hydrogens is 304 g/mol. The van der Waals surface area contributed by atoms with Gasteiger partial charge in [-0.25, -0.2) is 0 Å². The third kappa shape index (κ3) is 3.17. The molecule has 0 spiro atoms. The smallest absolute Gasteiger partial charge is 0.127 e. The summed E-state index contributed by atoms with van der Waals surface area (Å²) < 4.78 is 0. The maximum absolute atomic E-state index is 10.2. The summed E-state index contributed by atoms with van der Waals surface area (Å²) in [5.41, 5.74) is 2.19. The summed E-state index contributed by atoms with van der Waals surface area (Å²) in [6, 6.07) is 16.5. The van der Waals surface area contributed by atoms with E-state index < -0.39 is 0 Å². The molecule has 0 aliphatic carbocycles. The summed E-state index contributed by atoms with van der Waals surface area (Å²) in [6.07, 6.45) is 3.28. The van der Waals surface area contributed by atoms with Crippen LogP contribution in [0.2, 0.25) is 0 Å². The summed E-state index contributed by atoms with van der Waals surface area (Å²) in [7, 11) is 0. The number of hydrogen-bond donors (Lipinski definition) is 4. The van der Waals surface area contributed by atoms with Crippen molar-refractivity contribution in [3.05, 3.63) is 71.8 Å². The second kappa shape index (κ2) is 6.38. The molecule has 0 aliphatic rings. The molecule has 0 saturated heterocycles.